The third kappa shape index (κ3) is 3.32. The van der Waals surface area contributed by atoms with Gasteiger partial charge < -0.3 is 0 Å². The van der Waals surface area contributed by atoms with Crippen LogP contribution in [0.4, 0.5) is 5.95 Å². The number of aromatic nitrogens is 4. The lowest BCUT2D eigenvalue weighted by atomic mass is 10.3. The maximum absolute atomic E-state index is 12.0. The van der Waals surface area contributed by atoms with Gasteiger partial charge in [-0.3, -0.25) is 14.8 Å². The van der Waals surface area contributed by atoms with Crippen LogP contribution in [-0.4, -0.2) is 25.7 Å². The van der Waals surface area contributed by atoms with Gasteiger partial charge in [-0.1, -0.05) is 6.07 Å². The second-order valence-electron chi connectivity index (χ2n) is 4.45. The molecular weight excluding hydrogens is 286 g/mol. The molecule has 106 valence electrons. The number of carbonyl (C=O) groups excluding carboxylic acids is 1. The van der Waals surface area contributed by atoms with Crippen LogP contribution in [0.2, 0.25) is 0 Å². The van der Waals surface area contributed by atoms with Gasteiger partial charge in [0, 0.05) is 19.4 Å². The van der Waals surface area contributed by atoms with Crippen LogP contribution in [0.5, 0.6) is 0 Å². The van der Waals surface area contributed by atoms with E-state index < -0.39 is 0 Å². The minimum atomic E-state index is -0.183. The molecule has 3 heterocycles. The monoisotopic (exact) mass is 299 g/mol. The third-order valence-corrected chi connectivity index (χ3v) is 3.68. The fourth-order valence-electron chi connectivity index (χ4n) is 1.87. The molecule has 0 atom stereocenters. The highest BCUT2D eigenvalue weighted by atomic mass is 32.1. The number of nitrogens with one attached hydrogen (secondary N) is 1. The molecule has 0 unspecified atom stereocenters. The molecule has 0 aromatic carbocycles. The first-order chi connectivity index (χ1) is 10.2. The van der Waals surface area contributed by atoms with Crippen LogP contribution < -0.4 is 5.32 Å². The van der Waals surface area contributed by atoms with Crippen molar-refractivity contribution >= 4 is 23.2 Å². The molecule has 7 heteroatoms. The van der Waals surface area contributed by atoms with Crippen LogP contribution in [-0.2, 0) is 18.3 Å². The Morgan fingerprint density at radius 2 is 2.29 bits per heavy atom. The van der Waals surface area contributed by atoms with Gasteiger partial charge in [-0.15, -0.1) is 11.3 Å². The van der Waals surface area contributed by atoms with Crippen molar-refractivity contribution in [1.29, 1.82) is 0 Å². The molecule has 0 radical (unpaired) electrons. The van der Waals surface area contributed by atoms with E-state index in [0.717, 1.165) is 10.6 Å². The van der Waals surface area contributed by atoms with Crippen molar-refractivity contribution in [3.05, 3.63) is 47.7 Å². The molecule has 3 rings (SSSR count). The summed E-state index contributed by atoms with van der Waals surface area (Å²) >= 11 is 1.59. The van der Waals surface area contributed by atoms with Gasteiger partial charge in [0.25, 0.3) is 0 Å². The molecule has 0 saturated heterocycles. The molecule has 0 aliphatic carbocycles. The molecule has 1 N–H and O–H groups in total. The Hall–Kier alpha value is -2.54. The second-order valence-corrected chi connectivity index (χ2v) is 5.40. The summed E-state index contributed by atoms with van der Waals surface area (Å²) < 4.78 is 1.66. The summed E-state index contributed by atoms with van der Waals surface area (Å²) in [4.78, 5) is 21.4. The van der Waals surface area contributed by atoms with E-state index in [1.807, 2.05) is 36.7 Å². The fraction of sp³-hybridized carbons (Fsp3) is 0.143. The van der Waals surface area contributed by atoms with Gasteiger partial charge in [-0.2, -0.15) is 5.10 Å². The van der Waals surface area contributed by atoms with Crippen LogP contribution in [0.25, 0.3) is 10.6 Å². The molecule has 6 nitrogen and oxygen atoms in total. The molecule has 0 spiro atoms. The highest BCUT2D eigenvalue weighted by molar-refractivity contribution is 7.13. The van der Waals surface area contributed by atoms with Gasteiger partial charge >= 0.3 is 0 Å². The van der Waals surface area contributed by atoms with Crippen molar-refractivity contribution < 1.29 is 4.79 Å². The van der Waals surface area contributed by atoms with Gasteiger partial charge in [0.2, 0.25) is 11.9 Å². The first-order valence-electron chi connectivity index (χ1n) is 6.36. The van der Waals surface area contributed by atoms with Crippen LogP contribution in [0.15, 0.2) is 42.0 Å². The lowest BCUT2D eigenvalue weighted by molar-refractivity contribution is -0.115. The Kier molecular flexibility index (Phi) is 3.74. The molecule has 0 aliphatic rings. The largest absolute Gasteiger partial charge is 0.294 e. The fourth-order valence-corrected chi connectivity index (χ4v) is 2.57. The first kappa shape index (κ1) is 13.4. The number of hydrogen-bond donors (Lipinski definition) is 1. The van der Waals surface area contributed by atoms with Crippen molar-refractivity contribution in [1.82, 2.24) is 19.7 Å². The quantitative estimate of drug-likeness (QED) is 0.801. The minimum Gasteiger partial charge on any atom is -0.294 e. The van der Waals surface area contributed by atoms with Gasteiger partial charge in [-0.05, 0) is 23.6 Å². The molecule has 3 aromatic heterocycles. The van der Waals surface area contributed by atoms with Crippen LogP contribution >= 0.6 is 11.3 Å². The van der Waals surface area contributed by atoms with E-state index in [-0.39, 0.29) is 12.3 Å². The summed E-state index contributed by atoms with van der Waals surface area (Å²) in [5.74, 6) is 0.124. The summed E-state index contributed by atoms with van der Waals surface area (Å²) in [5.41, 5.74) is 1.51. The van der Waals surface area contributed by atoms with E-state index >= 15 is 0 Å². The number of thiophene rings is 1. The molecule has 0 fully saturated rings. The van der Waals surface area contributed by atoms with E-state index in [1.165, 1.54) is 0 Å². The molecule has 21 heavy (non-hydrogen) atoms. The van der Waals surface area contributed by atoms with Crippen LogP contribution in [0, 0.1) is 0 Å². The zero-order valence-corrected chi connectivity index (χ0v) is 12.2. The zero-order valence-electron chi connectivity index (χ0n) is 11.4. The Balaban J connectivity index is 1.70. The molecule has 3 aromatic rings. The van der Waals surface area contributed by atoms with Crippen LogP contribution in [0.1, 0.15) is 5.69 Å². The Labute approximate surface area is 125 Å². The number of anilines is 1. The molecule has 0 aliphatic heterocycles. The number of hydrogen-bond acceptors (Lipinski definition) is 5. The third-order valence-electron chi connectivity index (χ3n) is 2.79. The molecular formula is C14H13N5OS. The summed E-state index contributed by atoms with van der Waals surface area (Å²) in [7, 11) is 1.81. The standard InChI is InChI=1S/C14H13N5OS/c1-19-7-5-10(18-19)9-13(20)17-14-15-6-4-11(16-14)12-3-2-8-21-12/h2-8H,9H2,1H3,(H,15,16,17,20). The van der Waals surface area contributed by atoms with Crippen molar-refractivity contribution in [2.75, 3.05) is 5.32 Å². The molecule has 0 saturated carbocycles. The van der Waals surface area contributed by atoms with E-state index in [9.17, 15) is 4.79 Å². The SMILES string of the molecule is Cn1ccc(CC(=O)Nc2nccc(-c3cccs3)n2)n1. The predicted octanol–water partition coefficient (Wildman–Crippen LogP) is 2.12. The summed E-state index contributed by atoms with van der Waals surface area (Å²) in [6.45, 7) is 0. The Morgan fingerprint density at radius 3 is 3.00 bits per heavy atom. The highest BCUT2D eigenvalue weighted by Crippen LogP contribution is 2.22. The maximum Gasteiger partial charge on any atom is 0.232 e. The number of carbonyl (C=O) groups is 1. The topological polar surface area (TPSA) is 72.7 Å². The maximum atomic E-state index is 12.0. The van der Waals surface area contributed by atoms with E-state index in [0.29, 0.717) is 11.6 Å². The second kappa shape index (κ2) is 5.84. The Morgan fingerprint density at radius 1 is 1.38 bits per heavy atom. The first-order valence-corrected chi connectivity index (χ1v) is 7.24. The highest BCUT2D eigenvalue weighted by Gasteiger charge is 2.09. The minimum absolute atomic E-state index is 0.183. The van der Waals surface area contributed by atoms with E-state index in [1.54, 1.807) is 28.4 Å². The smallest absolute Gasteiger partial charge is 0.232 e. The van der Waals surface area contributed by atoms with Crippen molar-refractivity contribution in [2.24, 2.45) is 7.05 Å². The van der Waals surface area contributed by atoms with Crippen molar-refractivity contribution in [2.45, 2.75) is 6.42 Å². The van der Waals surface area contributed by atoms with Crippen molar-refractivity contribution in [3.8, 4) is 10.6 Å². The van der Waals surface area contributed by atoms with Crippen molar-refractivity contribution in [3.63, 3.8) is 0 Å². The Bertz CT molecular complexity index is 750. The van der Waals surface area contributed by atoms with E-state index in [4.69, 9.17) is 0 Å². The number of rotatable bonds is 4. The summed E-state index contributed by atoms with van der Waals surface area (Å²) in [6, 6.07) is 7.57. The molecule has 0 bridgehead atoms. The van der Waals surface area contributed by atoms with E-state index in [2.05, 4.69) is 20.4 Å². The van der Waals surface area contributed by atoms with Gasteiger partial charge in [-0.25, -0.2) is 9.97 Å². The van der Waals surface area contributed by atoms with Crippen LogP contribution in [0.3, 0.4) is 0 Å². The zero-order chi connectivity index (χ0) is 14.7. The average molecular weight is 299 g/mol. The summed E-state index contributed by atoms with van der Waals surface area (Å²) in [6.07, 6.45) is 3.64. The lowest BCUT2D eigenvalue weighted by Crippen LogP contribution is -2.16. The molecule has 1 amide bonds. The average Bonchev–Trinajstić information content (AvgIpc) is 3.11. The predicted molar refractivity (Wildman–Crippen MR) is 80.9 cm³/mol. The summed E-state index contributed by atoms with van der Waals surface area (Å²) in [5, 5.41) is 8.85. The normalized spacial score (nSPS) is 10.5. The lowest BCUT2D eigenvalue weighted by Gasteiger charge is -2.03. The number of amides is 1. The number of aryl methyl sites for hydroxylation is 1. The van der Waals surface area contributed by atoms with Gasteiger partial charge in [0.15, 0.2) is 0 Å². The van der Waals surface area contributed by atoms with Gasteiger partial charge in [0.1, 0.15) is 0 Å². The van der Waals surface area contributed by atoms with Gasteiger partial charge in [0.05, 0.1) is 22.7 Å². The number of nitrogens with zero attached hydrogens (tertiary/aromatic N) is 4.